The summed E-state index contributed by atoms with van der Waals surface area (Å²) in [5.74, 6) is -6.31. The number of carbonyl (C=O) groups excluding carboxylic acids is 7. The first-order valence-corrected chi connectivity index (χ1v) is 20.3. The Hall–Kier alpha value is -4.24. The van der Waals surface area contributed by atoms with Crippen LogP contribution in [-0.4, -0.2) is 112 Å². The van der Waals surface area contributed by atoms with Crippen LogP contribution in [0, 0.1) is 0 Å². The van der Waals surface area contributed by atoms with Crippen LogP contribution in [0.25, 0.3) is 0 Å². The molecule has 16 nitrogen and oxygen atoms in total. The van der Waals surface area contributed by atoms with Gasteiger partial charge < -0.3 is 38.6 Å². The van der Waals surface area contributed by atoms with Crippen molar-refractivity contribution in [1.29, 1.82) is 0 Å². The van der Waals surface area contributed by atoms with Crippen LogP contribution in [0.2, 0.25) is 0 Å². The van der Waals surface area contributed by atoms with E-state index < -0.39 is 78.4 Å². The van der Waals surface area contributed by atoms with E-state index in [0.29, 0.717) is 38.6 Å². The van der Waals surface area contributed by atoms with E-state index in [1.54, 1.807) is 4.90 Å². The molecule has 1 N–H and O–H groups in total. The summed E-state index contributed by atoms with van der Waals surface area (Å²) in [5, 5.41) is 8.80. The van der Waals surface area contributed by atoms with Gasteiger partial charge in [0, 0.05) is 54.1 Å². The molecule has 2 fully saturated rings. The quantitative estimate of drug-likeness (QED) is 0.0650. The van der Waals surface area contributed by atoms with Crippen molar-refractivity contribution >= 4 is 47.6 Å². The number of carboxylic acids is 1. The van der Waals surface area contributed by atoms with Crippen molar-refractivity contribution in [3.8, 4) is 0 Å². The topological polar surface area (TPSA) is 209 Å². The SMILES string of the molecule is CC(=O)OC[C@@H](OC(C)=O)[C@@H](OC(C)=O)[C@H](OC(C)=O)[C@@H](OC(C)=O)C(=O)N1CCCCCCCCCCC12C(=O)N2CCCCCCCCCCCC(=O)O. The number of hydrogen-bond acceptors (Lipinski definition) is 13. The molecule has 0 bridgehead atoms. The second-order valence-electron chi connectivity index (χ2n) is 14.8. The smallest absolute Gasteiger partial charge is 0.303 e. The maximum atomic E-state index is 15.0. The Morgan fingerprint density at radius 3 is 1.61 bits per heavy atom. The van der Waals surface area contributed by atoms with Crippen molar-refractivity contribution in [2.75, 3.05) is 19.7 Å². The molecule has 1 spiro atoms. The number of ether oxygens (including phenoxy) is 5. The number of esters is 5. The summed E-state index contributed by atoms with van der Waals surface area (Å²) in [5.41, 5.74) is -1.34. The average molecular weight is 797 g/mol. The van der Waals surface area contributed by atoms with Crippen molar-refractivity contribution in [1.82, 2.24) is 9.80 Å². The molecule has 16 heteroatoms. The van der Waals surface area contributed by atoms with Crippen LogP contribution in [-0.2, 0) is 62.0 Å². The summed E-state index contributed by atoms with van der Waals surface area (Å²) in [6, 6.07) is 0. The lowest BCUT2D eigenvalue weighted by atomic mass is 9.97. The molecule has 1 unspecified atom stereocenters. The second kappa shape index (κ2) is 25.1. The van der Waals surface area contributed by atoms with Crippen molar-refractivity contribution in [3.63, 3.8) is 0 Å². The maximum absolute atomic E-state index is 15.0. The fraction of sp³-hybridized carbons (Fsp3) is 0.800. The molecule has 2 aliphatic heterocycles. The summed E-state index contributed by atoms with van der Waals surface area (Å²) in [6.45, 7) is 5.15. The molecule has 5 atom stereocenters. The van der Waals surface area contributed by atoms with Gasteiger partial charge in [-0.05, 0) is 32.1 Å². The van der Waals surface area contributed by atoms with Crippen LogP contribution in [0.1, 0.15) is 157 Å². The van der Waals surface area contributed by atoms with Crippen LogP contribution < -0.4 is 0 Å². The number of carbonyl (C=O) groups is 8. The molecule has 0 aromatic rings. The molecule has 0 aromatic carbocycles. The molecule has 56 heavy (non-hydrogen) atoms. The number of rotatable bonds is 22. The summed E-state index contributed by atoms with van der Waals surface area (Å²) in [7, 11) is 0. The third-order valence-electron chi connectivity index (χ3n) is 10.0. The zero-order chi connectivity index (χ0) is 41.7. The third kappa shape index (κ3) is 16.5. The number of aliphatic carboxylic acids is 1. The van der Waals surface area contributed by atoms with E-state index in [1.807, 2.05) is 0 Å². The molecule has 2 heterocycles. The van der Waals surface area contributed by atoms with E-state index in [9.17, 15) is 33.6 Å². The number of unbranched alkanes of at least 4 members (excludes halogenated alkanes) is 8. The molecule has 2 amide bonds. The van der Waals surface area contributed by atoms with Crippen LogP contribution in [0.5, 0.6) is 0 Å². The van der Waals surface area contributed by atoms with Gasteiger partial charge in [-0.15, -0.1) is 0 Å². The van der Waals surface area contributed by atoms with E-state index in [1.165, 1.54) is 4.90 Å². The highest BCUT2D eigenvalue weighted by Crippen LogP contribution is 2.44. The van der Waals surface area contributed by atoms with Gasteiger partial charge in [-0.2, -0.15) is 0 Å². The Bertz CT molecular complexity index is 1340. The first kappa shape index (κ1) is 47.9. The number of carboxylic acid groups (broad SMARTS) is 1. The maximum Gasteiger partial charge on any atom is 0.303 e. The molecule has 2 rings (SSSR count). The predicted molar refractivity (Wildman–Crippen MR) is 200 cm³/mol. The molecule has 0 aromatic heterocycles. The van der Waals surface area contributed by atoms with E-state index in [-0.39, 0.29) is 18.9 Å². The zero-order valence-corrected chi connectivity index (χ0v) is 34.0. The molecule has 2 saturated heterocycles. The van der Waals surface area contributed by atoms with Crippen LogP contribution in [0.15, 0.2) is 0 Å². The van der Waals surface area contributed by atoms with Gasteiger partial charge in [0.1, 0.15) is 6.61 Å². The van der Waals surface area contributed by atoms with E-state index in [0.717, 1.165) is 118 Å². The van der Waals surface area contributed by atoms with Crippen molar-refractivity contribution in [2.24, 2.45) is 0 Å². The Labute approximate surface area is 330 Å². The molecule has 318 valence electrons. The Morgan fingerprint density at radius 1 is 0.607 bits per heavy atom. The van der Waals surface area contributed by atoms with Crippen LogP contribution in [0.3, 0.4) is 0 Å². The zero-order valence-electron chi connectivity index (χ0n) is 34.0. The van der Waals surface area contributed by atoms with Gasteiger partial charge >= 0.3 is 35.8 Å². The minimum absolute atomic E-state index is 0.122. The summed E-state index contributed by atoms with van der Waals surface area (Å²) < 4.78 is 27.2. The first-order chi connectivity index (χ1) is 26.6. The lowest BCUT2D eigenvalue weighted by Crippen LogP contribution is -2.60. The Balaban J connectivity index is 2.45. The van der Waals surface area contributed by atoms with Crippen molar-refractivity contribution in [3.05, 3.63) is 0 Å². The molecule has 0 aliphatic carbocycles. The highest BCUT2D eigenvalue weighted by molar-refractivity contribution is 6.05. The van der Waals surface area contributed by atoms with E-state index in [2.05, 4.69) is 0 Å². The second-order valence-corrected chi connectivity index (χ2v) is 14.8. The van der Waals surface area contributed by atoms with Crippen LogP contribution in [0.4, 0.5) is 0 Å². The number of hydrogen-bond donors (Lipinski definition) is 1. The highest BCUT2D eigenvalue weighted by Gasteiger charge is 2.67. The predicted octanol–water partition coefficient (Wildman–Crippen LogP) is 5.15. The molecule has 0 saturated carbocycles. The van der Waals surface area contributed by atoms with Gasteiger partial charge in [-0.1, -0.05) is 83.5 Å². The average Bonchev–Trinajstić information content (AvgIpc) is 3.67. The lowest BCUT2D eigenvalue weighted by Gasteiger charge is -2.38. The van der Waals surface area contributed by atoms with Gasteiger partial charge in [0.2, 0.25) is 6.10 Å². The Morgan fingerprint density at radius 2 is 1.09 bits per heavy atom. The third-order valence-corrected chi connectivity index (χ3v) is 10.0. The van der Waals surface area contributed by atoms with Gasteiger partial charge in [-0.3, -0.25) is 38.4 Å². The largest absolute Gasteiger partial charge is 0.481 e. The molecule has 0 radical (unpaired) electrons. The van der Waals surface area contributed by atoms with Gasteiger partial charge in [0.15, 0.2) is 24.0 Å². The molecular weight excluding hydrogens is 732 g/mol. The fourth-order valence-electron chi connectivity index (χ4n) is 7.42. The molecular formula is C40H64N2O14. The minimum Gasteiger partial charge on any atom is -0.481 e. The summed E-state index contributed by atoms with van der Waals surface area (Å²) >= 11 is 0. The monoisotopic (exact) mass is 796 g/mol. The first-order valence-electron chi connectivity index (χ1n) is 20.3. The standard InChI is InChI=1S/C40H64N2O14/c1-28(43)52-27-33(53-29(2)44)35(54-30(3)45)36(55-31(4)46)37(56-32(5)47)38(50)41-25-21-17-13-10-8-12-16-20-24-40(41)39(51)42(40)26-22-18-14-9-6-7-11-15-19-23-34(48)49/h33,35-37H,6-27H2,1-5H3,(H,48,49)/t33-,35-,36+,37-,40?,42?/m1/s1. The normalized spacial score (nSPS) is 19.6. The number of nitrogens with zero attached hydrogens (tertiary/aromatic N) is 2. The number of amides is 2. The van der Waals surface area contributed by atoms with Crippen LogP contribution >= 0.6 is 0 Å². The van der Waals surface area contributed by atoms with E-state index >= 15 is 4.79 Å². The fourth-order valence-corrected chi connectivity index (χ4v) is 7.42. The minimum atomic E-state index is -1.96. The summed E-state index contributed by atoms with van der Waals surface area (Å²) in [4.78, 5) is 105. The molecule has 2 aliphatic rings. The van der Waals surface area contributed by atoms with E-state index in [4.69, 9.17) is 28.8 Å². The van der Waals surface area contributed by atoms with Crippen molar-refractivity contribution in [2.45, 2.75) is 187 Å². The lowest BCUT2D eigenvalue weighted by molar-refractivity contribution is -0.206. The van der Waals surface area contributed by atoms with Crippen molar-refractivity contribution < 1.29 is 67.1 Å². The highest BCUT2D eigenvalue weighted by atomic mass is 16.6. The van der Waals surface area contributed by atoms with Gasteiger partial charge in [0.25, 0.3) is 11.8 Å². The van der Waals surface area contributed by atoms with Gasteiger partial charge in [0.05, 0.1) is 0 Å². The Kier molecular flexibility index (Phi) is 21.5. The van der Waals surface area contributed by atoms with Gasteiger partial charge in [-0.25, -0.2) is 0 Å². The summed E-state index contributed by atoms with van der Waals surface area (Å²) in [6.07, 6.45) is 8.29.